The number of phosphoric ester groups is 3. The number of fused-ring (bicyclic) bond motifs is 14. The number of anilines is 6. The van der Waals surface area contributed by atoms with Gasteiger partial charge in [0.25, 0.3) is 16.7 Å². The van der Waals surface area contributed by atoms with Crippen molar-refractivity contribution in [1.29, 1.82) is 0 Å². The van der Waals surface area contributed by atoms with Crippen LogP contribution in [-0.4, -0.2) is 285 Å². The van der Waals surface area contributed by atoms with Gasteiger partial charge in [-0.05, 0) is 41.8 Å². The molecule has 0 spiro atoms. The fourth-order valence-electron chi connectivity index (χ4n) is 16.5. The monoisotopic (exact) mass is 2140 g/mol. The van der Waals surface area contributed by atoms with E-state index in [0.717, 1.165) is 40.0 Å². The van der Waals surface area contributed by atoms with Crippen LogP contribution in [0.1, 0.15) is 34.8 Å². The third-order valence-electron chi connectivity index (χ3n) is 22.6. The first-order chi connectivity index (χ1) is 64.5. The van der Waals surface area contributed by atoms with Crippen LogP contribution in [0.25, 0.3) is 67.0 Å². The molecule has 10 aliphatic heterocycles. The number of hydrogen-bond acceptors (Lipinski definition) is 47. The lowest BCUT2D eigenvalue weighted by atomic mass is 10.0. The minimum absolute atomic E-state index is 0.00936. The molecule has 8 bridgehead atoms. The number of aromatic nitrogens is 22. The van der Waals surface area contributed by atoms with Gasteiger partial charge in [0, 0.05) is 18.6 Å². The highest BCUT2D eigenvalue weighted by molar-refractivity contribution is 8.44. The molecule has 0 aliphatic carbocycles. The van der Waals surface area contributed by atoms with Crippen molar-refractivity contribution in [3.8, 4) is 0 Å². The molecular weight excluding hydrogens is 2070 g/mol. The third kappa shape index (κ3) is 17.9. The Morgan fingerprint density at radius 3 is 1.29 bits per heavy atom. The van der Waals surface area contributed by atoms with Crippen molar-refractivity contribution in [3.05, 3.63) is 99.5 Å². The molecule has 10 fully saturated rings. The zero-order valence-electron chi connectivity index (χ0n) is 67.7. The Labute approximate surface area is 779 Å². The topological polar surface area (TPSA) is 769 Å². The van der Waals surface area contributed by atoms with Crippen LogP contribution in [0.4, 0.5) is 56.9 Å². The lowest BCUT2D eigenvalue weighted by molar-refractivity contribution is -0.183. The Morgan fingerprint density at radius 2 is 0.816 bits per heavy atom. The number of hydrogen-bond donors (Lipinski definition) is 15. The molecule has 0 saturated carbocycles. The molecular formula is C63H69F5N28O28P6S6. The van der Waals surface area contributed by atoms with Gasteiger partial charge in [-0.25, -0.2) is 80.1 Å². The van der Waals surface area contributed by atoms with Gasteiger partial charge >= 0.3 is 43.7 Å². The normalized spacial score (nSPS) is 38.4. The Balaban J connectivity index is 0.000000126. The average Bonchev–Trinajstić information content (AvgIpc) is 1.55. The zero-order valence-corrected chi connectivity index (χ0v) is 78.1. The van der Waals surface area contributed by atoms with Crippen molar-refractivity contribution < 1.29 is 138 Å². The Morgan fingerprint density at radius 1 is 0.426 bits per heavy atom. The first kappa shape index (κ1) is 95.6. The molecule has 22 heterocycles. The molecule has 10 saturated heterocycles. The van der Waals surface area contributed by atoms with Crippen molar-refractivity contribution in [1.82, 2.24) is 108 Å². The summed E-state index contributed by atoms with van der Waals surface area (Å²) < 4.78 is 229. The molecule has 136 heavy (non-hydrogen) atoms. The molecule has 730 valence electrons. The molecule has 73 heteroatoms. The maximum absolute atomic E-state index is 16.0. The highest BCUT2D eigenvalue weighted by atomic mass is 32.7. The molecule has 0 amide bonds. The van der Waals surface area contributed by atoms with E-state index in [1.807, 2.05) is 0 Å². The van der Waals surface area contributed by atoms with E-state index in [2.05, 4.69) is 92.3 Å². The van der Waals surface area contributed by atoms with Gasteiger partial charge in [0.15, 0.2) is 87.0 Å². The highest BCUT2D eigenvalue weighted by Crippen LogP contribution is 2.65. The molecule has 12 aromatic rings. The number of phosphoric acid groups is 3. The van der Waals surface area contributed by atoms with Gasteiger partial charge in [-0.1, -0.05) is 17.5 Å². The Kier molecular flexibility index (Phi) is 25.3. The number of nitrogens with zero attached hydrogens (tertiary/aromatic N) is 19. The van der Waals surface area contributed by atoms with E-state index >= 15 is 22.0 Å². The number of imidazole rings is 5. The number of nitrogens with one attached hydrogen (secondary N) is 3. The second-order valence-electron chi connectivity index (χ2n) is 31.2. The maximum atomic E-state index is 16.0. The quantitative estimate of drug-likeness (QED) is 0.0646. The number of ether oxygens (including phenoxy) is 4. The first-order valence-electron chi connectivity index (χ1n) is 39.5. The van der Waals surface area contributed by atoms with Crippen LogP contribution in [-0.2, 0) is 115 Å². The van der Waals surface area contributed by atoms with Crippen LogP contribution in [0.15, 0.2) is 82.8 Å². The number of H-pyrrole nitrogens is 3. The number of alkyl halides is 5. The third-order valence-corrected chi connectivity index (χ3v) is 34.9. The number of nitrogen functional groups attached to an aromatic ring is 6. The summed E-state index contributed by atoms with van der Waals surface area (Å²) in [6, 6.07) is 4.54. The van der Waals surface area contributed by atoms with E-state index in [-0.39, 0.29) is 91.6 Å². The smallest absolute Gasteiger partial charge is 0.397 e. The second kappa shape index (κ2) is 35.9. The van der Waals surface area contributed by atoms with Gasteiger partial charge in [0.2, 0.25) is 17.8 Å². The van der Waals surface area contributed by atoms with Crippen LogP contribution >= 0.6 is 91.2 Å². The summed E-state index contributed by atoms with van der Waals surface area (Å²) >= 11 is 17.1. The number of aromatic amines is 3. The van der Waals surface area contributed by atoms with Gasteiger partial charge in [-0.2, -0.15) is 19.6 Å². The number of halogens is 5. The molecule has 10 aliphatic rings. The molecule has 6 unspecified atom stereocenters. The predicted molar refractivity (Wildman–Crippen MR) is 471 cm³/mol. The highest BCUT2D eigenvalue weighted by Gasteiger charge is 2.67. The number of thiol groups is 1. The molecule has 0 aromatic carbocycles. The number of rotatable bonds is 6. The first-order valence-corrected chi connectivity index (χ1v) is 54.7. The summed E-state index contributed by atoms with van der Waals surface area (Å²) in [7, 11) is -15.1. The number of pyridine rings is 3. The van der Waals surface area contributed by atoms with Gasteiger partial charge in [-0.15, -0.1) is 40.4 Å². The maximum Gasteiger partial charge on any atom is 0.472 e. The van der Waals surface area contributed by atoms with E-state index < -0.39 is 242 Å². The van der Waals surface area contributed by atoms with Crippen LogP contribution < -0.4 is 51.1 Å². The molecule has 12 aromatic heterocycles. The predicted octanol–water partition coefficient (Wildman–Crippen LogP) is 2.80. The van der Waals surface area contributed by atoms with Crippen molar-refractivity contribution >= 4 is 217 Å². The zero-order chi connectivity index (χ0) is 95.8. The van der Waals surface area contributed by atoms with Crippen LogP contribution in [0.5, 0.6) is 0 Å². The summed E-state index contributed by atoms with van der Waals surface area (Å²) in [6.45, 7) is -17.4. The Hall–Kier alpha value is -7.93. The van der Waals surface area contributed by atoms with Crippen molar-refractivity contribution in [2.45, 2.75) is 142 Å². The second-order valence-corrected chi connectivity index (χ2v) is 48.0. The van der Waals surface area contributed by atoms with E-state index in [1.165, 1.54) is 85.2 Å². The van der Waals surface area contributed by atoms with Crippen molar-refractivity contribution in [3.63, 3.8) is 0 Å². The minimum atomic E-state index is -5.10. The van der Waals surface area contributed by atoms with Crippen molar-refractivity contribution in [2.75, 3.05) is 80.7 Å². The number of thioether (sulfide) groups is 3. The fraction of sp³-hybridized carbons (Fsp3) is 0.492. The van der Waals surface area contributed by atoms with Gasteiger partial charge < -0.3 is 86.9 Å². The summed E-state index contributed by atoms with van der Waals surface area (Å²) in [6.07, 6.45) is -17.4. The van der Waals surface area contributed by atoms with Gasteiger partial charge in [0.1, 0.15) is 106 Å². The lowest BCUT2D eigenvalue weighted by Gasteiger charge is -2.33. The molecule has 22 rings (SSSR count). The van der Waals surface area contributed by atoms with Crippen LogP contribution in [0, 0.1) is 0 Å². The average molecular weight is 2140 g/mol. The molecule has 20 N–H and O–H groups in total. The van der Waals surface area contributed by atoms with Gasteiger partial charge in [-0.3, -0.25) is 97.4 Å². The largest absolute Gasteiger partial charge is 0.472 e. The van der Waals surface area contributed by atoms with Crippen molar-refractivity contribution in [2.24, 2.45) is 0 Å². The number of nitrogens with two attached hydrogens (primary N) is 6. The summed E-state index contributed by atoms with van der Waals surface area (Å²) in [5.41, 5.74) is 33.3. The molecule has 0 radical (unpaired) electrons. The van der Waals surface area contributed by atoms with Crippen LogP contribution in [0.3, 0.4) is 0 Å². The minimum Gasteiger partial charge on any atom is -0.397 e. The summed E-state index contributed by atoms with van der Waals surface area (Å²) in [5, 5.41) is 0.896. The summed E-state index contributed by atoms with van der Waals surface area (Å²) in [4.78, 5) is 144. The fourth-order valence-corrected chi connectivity index (χ4v) is 28.7. The standard InChI is InChI=1S/C22H24FN9O10P2S2.C21H23F2N9O9P2S2.C20H22F2N10O9P2S2/c23-10-9-3-38-43(34,35)42-15-14-19(31-6-27-11-8(24)1-2-26-16(11)31)40-22(15,4-37-14)5-39-44(36,45)41-13(10)20(46-9)32-7-28-12-17(32)29-21(25)30-18(12)33;22-10-9-4-37-42(34,35)40-14-8(39-19(11(14)23)31-5-27-12-7(24)1-2-26-16(12)31)3-38-43(36,44)41-15(10)20(45-9)32-6-28-13-17(32)29-21(25)30-18(13)33;21-9-8-4-37-42(34,35)40-13-7(39-18(10(13)22)32-15-11(29-30-32)6(23)1-2-25-15)3-38-43(36,44)41-14(9)19(45-8)31-5-26-12-16(31)27-20(24)28-17(12)33/h1-2,6-7,9-10,13-15,19-20H,3-5H2,(H2,24,26)(H,34,35)(H,36,45)(H3,25,29,30,33);1-2,5-6,8-11,14-15,19-20H,3-4H2,(H2,24,26)(H,34,35)(H,36,44)(H3,25,29,30,33);1-2,5,7-10,13-14,18-19H,3-4H2,(H2,23,25)(H,34,35)(H,36,44)(H3,24,27,28,33)/t9-,10+,13-,14-,15+,19-,20-,22-,44?;8-,9-,10+,11+,14-,15-,19-,20-,43?;7-,8-,9+,10+,13-,14-,18-,19-,43?/m111/s1. The Bertz CT molecular complexity index is 6980. The van der Waals surface area contributed by atoms with E-state index in [9.17, 15) is 57.1 Å². The van der Waals surface area contributed by atoms with E-state index in [1.54, 1.807) is 6.07 Å². The summed E-state index contributed by atoms with van der Waals surface area (Å²) in [5.74, 6) is -0.693. The molecule has 30 atom stereocenters. The van der Waals surface area contributed by atoms with Gasteiger partial charge in [0.05, 0.1) is 111 Å². The van der Waals surface area contributed by atoms with E-state index in [0.29, 0.717) is 16.9 Å². The molecule has 56 nitrogen and oxygen atoms in total. The van der Waals surface area contributed by atoms with E-state index in [4.69, 9.17) is 131 Å². The SMILES string of the molecule is Nc1nc2c(ncn2[C@@H]2S[C@@H]3COP(=O)(O)O[C@H]4[C@H](F)[C@H](n5cnc6c(N)ccnc65)O[C@@H]4COP(O)(=S)O[C@@H]2[C@H]3F)c(=O)[nH]1.Nc1nc2c(ncn2[C@@H]2S[C@@H]3COP(=O)(O)O[C@H]4[C@H](F)[C@H](n5nnc6c(N)ccnc65)O[C@@H]4COP(=O)(S)O[C@@H]2[C@H]3F)c(=O)[nH]1.Nc1nc2c(ncn2[C@@H]2S[C@@H]3COP(=O)(O)O[C@H]4[C@H]5OC[C@]4(COP(O)(=S)O[C@@H]2[C@H]3F)O[C@H]5n2cnc3c(N)ccnc32)c(=O)[nH]1. The van der Waals surface area contributed by atoms with Crippen LogP contribution in [0.2, 0.25) is 0 Å². The lowest BCUT2D eigenvalue weighted by Crippen LogP contribution is -2.45.